The van der Waals surface area contributed by atoms with Gasteiger partial charge in [0.2, 0.25) is 5.91 Å². The van der Waals surface area contributed by atoms with Gasteiger partial charge >= 0.3 is 0 Å². The molecule has 120 valence electrons. The van der Waals surface area contributed by atoms with Gasteiger partial charge in [-0.1, -0.05) is 12.1 Å². The van der Waals surface area contributed by atoms with Crippen molar-refractivity contribution in [3.63, 3.8) is 0 Å². The number of nitrogens with one attached hydrogen (secondary N) is 1. The van der Waals surface area contributed by atoms with Gasteiger partial charge in [-0.05, 0) is 49.1 Å². The average molecular weight is 317 g/mol. The van der Waals surface area contributed by atoms with Gasteiger partial charge in [-0.3, -0.25) is 4.79 Å². The summed E-state index contributed by atoms with van der Waals surface area (Å²) in [6.07, 6.45) is 0.681. The Bertz CT molecular complexity index is 733. The van der Waals surface area contributed by atoms with E-state index >= 15 is 0 Å². The highest BCUT2D eigenvalue weighted by Crippen LogP contribution is 2.48. The minimum atomic E-state index is -0.421. The molecular weight excluding hydrogens is 300 g/mol. The van der Waals surface area contributed by atoms with Crippen LogP contribution in [0, 0.1) is 17.6 Å². The van der Waals surface area contributed by atoms with Gasteiger partial charge in [-0.25, -0.2) is 8.78 Å². The van der Waals surface area contributed by atoms with E-state index in [-0.39, 0.29) is 23.6 Å². The zero-order valence-corrected chi connectivity index (χ0v) is 12.7. The van der Waals surface area contributed by atoms with Gasteiger partial charge in [0.1, 0.15) is 17.4 Å². The lowest BCUT2D eigenvalue weighted by molar-refractivity contribution is -0.117. The number of ether oxygens (including phenoxy) is 1. The van der Waals surface area contributed by atoms with Crippen LogP contribution in [0.3, 0.4) is 0 Å². The number of amides is 1. The molecule has 1 aliphatic carbocycles. The summed E-state index contributed by atoms with van der Waals surface area (Å²) >= 11 is 0. The lowest BCUT2D eigenvalue weighted by Crippen LogP contribution is -2.15. The van der Waals surface area contributed by atoms with Crippen LogP contribution in [0.2, 0.25) is 0 Å². The second-order valence-electron chi connectivity index (χ2n) is 5.57. The van der Waals surface area contributed by atoms with E-state index in [2.05, 4.69) is 5.32 Å². The Morgan fingerprint density at radius 2 is 2.00 bits per heavy atom. The van der Waals surface area contributed by atoms with Crippen LogP contribution < -0.4 is 10.1 Å². The van der Waals surface area contributed by atoms with Crippen LogP contribution in [-0.2, 0) is 4.79 Å². The van der Waals surface area contributed by atoms with Crippen LogP contribution >= 0.6 is 0 Å². The summed E-state index contributed by atoms with van der Waals surface area (Å²) in [5.41, 5.74) is 1.28. The van der Waals surface area contributed by atoms with Crippen molar-refractivity contribution in [2.45, 2.75) is 19.3 Å². The molecule has 2 aromatic rings. The molecule has 3 nitrogen and oxygen atoms in total. The Hall–Kier alpha value is -2.43. The van der Waals surface area contributed by atoms with Crippen molar-refractivity contribution in [1.29, 1.82) is 0 Å². The number of hydrogen-bond acceptors (Lipinski definition) is 2. The summed E-state index contributed by atoms with van der Waals surface area (Å²) in [5, 5.41) is 2.77. The molecule has 2 atom stereocenters. The smallest absolute Gasteiger partial charge is 0.228 e. The minimum absolute atomic E-state index is 0.0293. The maximum Gasteiger partial charge on any atom is 0.228 e. The number of carbonyl (C=O) groups excluding carboxylic acids is 1. The normalized spacial score (nSPS) is 19.3. The molecule has 0 radical (unpaired) electrons. The summed E-state index contributed by atoms with van der Waals surface area (Å²) < 4.78 is 31.9. The Balaban J connectivity index is 1.69. The van der Waals surface area contributed by atoms with Crippen LogP contribution in [0.4, 0.5) is 14.5 Å². The molecule has 2 aromatic carbocycles. The Labute approximate surface area is 133 Å². The van der Waals surface area contributed by atoms with Crippen molar-refractivity contribution < 1.29 is 18.3 Å². The molecule has 0 bridgehead atoms. The molecule has 0 heterocycles. The fourth-order valence-electron chi connectivity index (χ4n) is 2.69. The number of halogens is 2. The minimum Gasteiger partial charge on any atom is -0.492 e. The predicted molar refractivity (Wildman–Crippen MR) is 83.4 cm³/mol. The van der Waals surface area contributed by atoms with Crippen molar-refractivity contribution in [2.75, 3.05) is 11.9 Å². The molecular formula is C18H17F2NO2. The Kier molecular flexibility index (Phi) is 4.28. The van der Waals surface area contributed by atoms with Crippen LogP contribution in [0.15, 0.2) is 42.5 Å². The van der Waals surface area contributed by atoms with Crippen molar-refractivity contribution in [1.82, 2.24) is 0 Å². The first-order valence-electron chi connectivity index (χ1n) is 7.57. The van der Waals surface area contributed by atoms with Crippen molar-refractivity contribution >= 4 is 11.6 Å². The number of anilines is 1. The van der Waals surface area contributed by atoms with E-state index in [1.807, 2.05) is 6.07 Å². The van der Waals surface area contributed by atoms with Crippen molar-refractivity contribution in [2.24, 2.45) is 5.92 Å². The third-order valence-corrected chi connectivity index (χ3v) is 3.91. The molecule has 1 N–H and O–H groups in total. The summed E-state index contributed by atoms with van der Waals surface area (Å²) in [4.78, 5) is 12.3. The molecule has 2 unspecified atom stereocenters. The Morgan fingerprint density at radius 3 is 2.74 bits per heavy atom. The molecule has 0 aliphatic heterocycles. The van der Waals surface area contributed by atoms with Gasteiger partial charge in [0.05, 0.1) is 12.3 Å². The molecule has 1 saturated carbocycles. The molecule has 5 heteroatoms. The van der Waals surface area contributed by atoms with Gasteiger partial charge in [0.15, 0.2) is 0 Å². The van der Waals surface area contributed by atoms with E-state index < -0.39 is 5.82 Å². The zero-order valence-electron chi connectivity index (χ0n) is 12.7. The van der Waals surface area contributed by atoms with E-state index in [4.69, 9.17) is 4.74 Å². The first-order chi connectivity index (χ1) is 11.1. The molecule has 0 spiro atoms. The number of rotatable bonds is 5. The lowest BCUT2D eigenvalue weighted by Gasteiger charge is -2.11. The number of carbonyl (C=O) groups is 1. The molecule has 1 fully saturated rings. The van der Waals surface area contributed by atoms with Crippen LogP contribution in [0.1, 0.15) is 24.8 Å². The second kappa shape index (κ2) is 6.36. The van der Waals surface area contributed by atoms with Crippen molar-refractivity contribution in [3.05, 3.63) is 59.7 Å². The maximum absolute atomic E-state index is 13.3. The fraction of sp³-hybridized carbons (Fsp3) is 0.278. The summed E-state index contributed by atoms with van der Waals surface area (Å²) in [6.45, 7) is 2.17. The van der Waals surface area contributed by atoms with E-state index in [1.165, 1.54) is 30.3 Å². The molecule has 1 amide bonds. The SMILES string of the molecule is CCOc1cc(F)ccc1NC(=O)C1CC1c1cccc(F)c1. The number of benzene rings is 2. The first kappa shape index (κ1) is 15.5. The summed E-state index contributed by atoms with van der Waals surface area (Å²) in [7, 11) is 0. The topological polar surface area (TPSA) is 38.3 Å². The van der Waals surface area contributed by atoms with Crippen LogP contribution in [0.5, 0.6) is 5.75 Å². The Morgan fingerprint density at radius 1 is 1.22 bits per heavy atom. The molecule has 0 saturated heterocycles. The van der Waals surface area contributed by atoms with Gasteiger partial charge in [-0.15, -0.1) is 0 Å². The van der Waals surface area contributed by atoms with E-state index in [0.717, 1.165) is 5.56 Å². The lowest BCUT2D eigenvalue weighted by atomic mass is 10.1. The molecule has 3 rings (SSSR count). The highest BCUT2D eigenvalue weighted by atomic mass is 19.1. The van der Waals surface area contributed by atoms with Gasteiger partial charge < -0.3 is 10.1 Å². The summed E-state index contributed by atoms with van der Waals surface area (Å²) in [6, 6.07) is 10.3. The summed E-state index contributed by atoms with van der Waals surface area (Å²) in [5.74, 6) is -0.741. The first-order valence-corrected chi connectivity index (χ1v) is 7.57. The third kappa shape index (κ3) is 3.50. The highest BCUT2D eigenvalue weighted by molar-refractivity contribution is 5.96. The quantitative estimate of drug-likeness (QED) is 0.901. The van der Waals surface area contributed by atoms with E-state index in [9.17, 15) is 13.6 Å². The maximum atomic E-state index is 13.3. The predicted octanol–water partition coefficient (Wildman–Crippen LogP) is 4.11. The fourth-order valence-corrected chi connectivity index (χ4v) is 2.69. The van der Waals surface area contributed by atoms with Gasteiger partial charge in [0.25, 0.3) is 0 Å². The monoisotopic (exact) mass is 317 g/mol. The van der Waals surface area contributed by atoms with E-state index in [1.54, 1.807) is 13.0 Å². The molecule has 23 heavy (non-hydrogen) atoms. The second-order valence-corrected chi connectivity index (χ2v) is 5.57. The molecule has 1 aliphatic rings. The third-order valence-electron chi connectivity index (χ3n) is 3.91. The zero-order chi connectivity index (χ0) is 16.4. The van der Waals surface area contributed by atoms with Gasteiger partial charge in [0, 0.05) is 12.0 Å². The van der Waals surface area contributed by atoms with Crippen LogP contribution in [-0.4, -0.2) is 12.5 Å². The van der Waals surface area contributed by atoms with Gasteiger partial charge in [-0.2, -0.15) is 0 Å². The largest absolute Gasteiger partial charge is 0.492 e. The standard InChI is InChI=1S/C18H17F2NO2/c1-2-23-17-9-13(20)6-7-16(17)21-18(22)15-10-14(15)11-4-3-5-12(19)8-11/h3-9,14-15H,2,10H2,1H3,(H,21,22). The number of hydrogen-bond donors (Lipinski definition) is 1. The van der Waals surface area contributed by atoms with Crippen LogP contribution in [0.25, 0.3) is 0 Å². The van der Waals surface area contributed by atoms with Crippen molar-refractivity contribution in [3.8, 4) is 5.75 Å². The molecule has 0 aromatic heterocycles. The van der Waals surface area contributed by atoms with E-state index in [0.29, 0.717) is 24.5 Å². The average Bonchev–Trinajstić information content (AvgIpc) is 3.31. The highest BCUT2D eigenvalue weighted by Gasteiger charge is 2.44.